The van der Waals surface area contributed by atoms with Gasteiger partial charge in [0.1, 0.15) is 48.3 Å². The maximum absolute atomic E-state index is 14.1. The van der Waals surface area contributed by atoms with Crippen molar-refractivity contribution < 1.29 is 53.1 Å². The third-order valence-electron chi connectivity index (χ3n) is 11.8. The number of thioether (sulfide) groups is 1. The molecule has 24 heteroatoms. The second kappa shape index (κ2) is 30.2. The molecule has 16 N–H and O–H groups in total. The molecule has 1 aromatic heterocycles. The fourth-order valence-electron chi connectivity index (χ4n) is 7.59. The molecule has 0 bridgehead atoms. The zero-order chi connectivity index (χ0) is 55.2. The van der Waals surface area contributed by atoms with Gasteiger partial charge >= 0.3 is 0 Å². The van der Waals surface area contributed by atoms with Crippen LogP contribution in [0.25, 0.3) is 10.9 Å². The molecule has 0 aliphatic heterocycles. The van der Waals surface area contributed by atoms with E-state index in [1.54, 1.807) is 68.6 Å². The van der Waals surface area contributed by atoms with Gasteiger partial charge in [0.05, 0.1) is 12.6 Å². The Balaban J connectivity index is 1.76. The highest BCUT2D eigenvalue weighted by molar-refractivity contribution is 7.98. The van der Waals surface area contributed by atoms with Crippen molar-refractivity contribution in [2.75, 3.05) is 18.6 Å². The summed E-state index contributed by atoms with van der Waals surface area (Å²) in [4.78, 5) is 136. The minimum Gasteiger partial charge on any atom is -0.391 e. The van der Waals surface area contributed by atoms with E-state index in [0.717, 1.165) is 10.9 Å². The molecule has 1 heterocycles. The van der Waals surface area contributed by atoms with E-state index in [-0.39, 0.29) is 44.4 Å². The molecule has 3 rings (SSSR count). The average molecular weight is 1050 g/mol. The third-order valence-corrected chi connectivity index (χ3v) is 12.5. The summed E-state index contributed by atoms with van der Waals surface area (Å²) in [5.74, 6) is -7.86. The van der Waals surface area contributed by atoms with Crippen molar-refractivity contribution in [1.29, 1.82) is 0 Å². The van der Waals surface area contributed by atoms with Gasteiger partial charge < -0.3 is 69.8 Å². The van der Waals surface area contributed by atoms with Crippen LogP contribution >= 0.6 is 11.8 Å². The summed E-state index contributed by atoms with van der Waals surface area (Å²) in [7, 11) is 0. The van der Waals surface area contributed by atoms with Gasteiger partial charge in [-0.2, -0.15) is 11.8 Å². The topological polar surface area (TPSA) is 381 Å². The van der Waals surface area contributed by atoms with Crippen LogP contribution in [-0.4, -0.2) is 142 Å². The second-order valence-corrected chi connectivity index (χ2v) is 19.9. The van der Waals surface area contributed by atoms with Crippen LogP contribution < -0.4 is 59.7 Å². The van der Waals surface area contributed by atoms with Crippen molar-refractivity contribution in [2.24, 2.45) is 29.0 Å². The number of amides is 10. The van der Waals surface area contributed by atoms with Crippen LogP contribution in [0, 0.1) is 11.8 Å². The molecule has 2 aromatic carbocycles. The lowest BCUT2D eigenvalue weighted by Gasteiger charge is -2.27. The highest BCUT2D eigenvalue weighted by Gasteiger charge is 2.34. The first-order chi connectivity index (χ1) is 34.9. The van der Waals surface area contributed by atoms with Gasteiger partial charge in [0.15, 0.2) is 0 Å². The monoisotopic (exact) mass is 1050 g/mol. The first kappa shape index (κ1) is 61.3. The fraction of sp³-hybridized carbons (Fsp3) is 0.520. The predicted octanol–water partition coefficient (Wildman–Crippen LogP) is -1.60. The zero-order valence-corrected chi connectivity index (χ0v) is 43.8. The first-order valence-electron chi connectivity index (χ1n) is 24.4. The number of hydrogen-bond donors (Lipinski definition) is 13. The molecule has 0 aliphatic carbocycles. The van der Waals surface area contributed by atoms with Crippen molar-refractivity contribution in [1.82, 2.24) is 47.5 Å². The van der Waals surface area contributed by atoms with Crippen molar-refractivity contribution in [3.8, 4) is 0 Å². The Labute approximate surface area is 434 Å². The maximum atomic E-state index is 14.1. The maximum Gasteiger partial charge on any atom is 0.243 e. The molecule has 9 atom stereocenters. The van der Waals surface area contributed by atoms with E-state index in [4.69, 9.17) is 17.2 Å². The number of H-pyrrole nitrogens is 1. The number of nitrogens with two attached hydrogens (primary N) is 3. The Morgan fingerprint density at radius 1 is 0.622 bits per heavy atom. The minimum absolute atomic E-state index is 0.00568. The van der Waals surface area contributed by atoms with E-state index in [1.165, 1.54) is 25.6 Å². The lowest BCUT2D eigenvalue weighted by atomic mass is 10.0. The van der Waals surface area contributed by atoms with Crippen molar-refractivity contribution in [3.05, 3.63) is 71.9 Å². The summed E-state index contributed by atoms with van der Waals surface area (Å²) in [6, 6.07) is 5.91. The Bertz CT molecular complexity index is 2420. The number of hydrogen-bond acceptors (Lipinski definition) is 13. The number of aromatic nitrogens is 1. The summed E-state index contributed by atoms with van der Waals surface area (Å²) in [5, 5.41) is 31.3. The van der Waals surface area contributed by atoms with E-state index >= 15 is 0 Å². The molecule has 74 heavy (non-hydrogen) atoms. The molecule has 3 aromatic rings. The van der Waals surface area contributed by atoms with Gasteiger partial charge in [-0.15, -0.1) is 0 Å². The van der Waals surface area contributed by atoms with Crippen LogP contribution in [0.4, 0.5) is 0 Å². The molecule has 0 spiro atoms. The number of carbonyl (C=O) groups excluding carboxylic acids is 10. The second-order valence-electron chi connectivity index (χ2n) is 18.9. The number of aromatic amines is 1. The zero-order valence-electron chi connectivity index (χ0n) is 43.0. The third kappa shape index (κ3) is 20.1. The van der Waals surface area contributed by atoms with E-state index in [1.807, 2.05) is 26.2 Å². The number of benzene rings is 2. The van der Waals surface area contributed by atoms with E-state index < -0.39 is 126 Å². The Morgan fingerprint density at radius 3 is 1.80 bits per heavy atom. The van der Waals surface area contributed by atoms with Crippen LogP contribution in [0.15, 0.2) is 60.8 Å². The SMILES string of the molecule is CSCC[C@H](NC(=O)[C@H](CC(C)C)NC(=O)[C@H](Cc1ccccc1)NC(=O)CNC(=O)[C@@H](NC(=O)[C@H](C)NC(=O)[C@H](Cc1c[nH]c2ccccc12)NC(=O)[C@H](CCC(N)=O)NC(=O)[C@@H](N)[C@@H](C)O)C(C)C)C(N)=O. The number of para-hydroxylation sites is 1. The predicted molar refractivity (Wildman–Crippen MR) is 279 cm³/mol. The van der Waals surface area contributed by atoms with Crippen LogP contribution in [0.3, 0.4) is 0 Å². The average Bonchev–Trinajstić information content (AvgIpc) is 3.75. The largest absolute Gasteiger partial charge is 0.391 e. The molecule has 0 fully saturated rings. The number of aliphatic hydroxyl groups excluding tert-OH is 1. The normalized spacial score (nSPS) is 14.9. The molecule has 0 radical (unpaired) electrons. The number of primary amides is 2. The van der Waals surface area contributed by atoms with Crippen molar-refractivity contribution >= 4 is 81.7 Å². The molecule has 0 aliphatic rings. The smallest absolute Gasteiger partial charge is 0.243 e. The fourth-order valence-corrected chi connectivity index (χ4v) is 8.06. The van der Waals surface area contributed by atoms with Crippen LogP contribution in [0.1, 0.15) is 78.4 Å². The van der Waals surface area contributed by atoms with Gasteiger partial charge in [-0.25, -0.2) is 0 Å². The van der Waals surface area contributed by atoms with Gasteiger partial charge in [-0.05, 0) is 74.1 Å². The van der Waals surface area contributed by atoms with Gasteiger partial charge in [0.2, 0.25) is 59.1 Å². The van der Waals surface area contributed by atoms with Crippen molar-refractivity contribution in [3.63, 3.8) is 0 Å². The molecule has 0 saturated heterocycles. The molecule has 10 amide bonds. The summed E-state index contributed by atoms with van der Waals surface area (Å²) in [5.41, 5.74) is 18.7. The Kier molecular flexibility index (Phi) is 25.0. The molecular formula is C50H74N12O11S. The van der Waals surface area contributed by atoms with E-state index in [9.17, 15) is 53.1 Å². The summed E-state index contributed by atoms with van der Waals surface area (Å²) in [6.07, 6.45) is 1.97. The molecular weight excluding hydrogens is 977 g/mol. The molecule has 406 valence electrons. The van der Waals surface area contributed by atoms with E-state index in [0.29, 0.717) is 16.9 Å². The summed E-state index contributed by atoms with van der Waals surface area (Å²) < 4.78 is 0. The molecule has 23 nitrogen and oxygen atoms in total. The number of fused-ring (bicyclic) bond motifs is 1. The highest BCUT2D eigenvalue weighted by Crippen LogP contribution is 2.20. The lowest BCUT2D eigenvalue weighted by Crippen LogP contribution is -2.60. The van der Waals surface area contributed by atoms with E-state index in [2.05, 4.69) is 47.5 Å². The number of rotatable bonds is 31. The Hall–Kier alpha value is -7.05. The standard InChI is InChI=1S/C50H74N12O11S/c1-26(2)21-36(47(70)58-34(43(53)66)19-20-74-7)60-48(71)37(22-30-13-9-8-10-14-30)57-40(65)25-55-50(73)42(27(3)4)62-44(67)28(5)56-46(69)38(23-31-24-54-33-16-12-11-15-32(31)33)61-45(68)35(17-18-39(51)64)59-49(72)41(52)29(6)63/h8-16,24,26-29,34-38,41-42,54,63H,17-23,25,52H2,1-7H3,(H2,51,64)(H2,53,66)(H,55,73)(H,56,69)(H,57,65)(H,58,70)(H,59,72)(H,60,71)(H,61,68)(H,62,67)/t28-,29+,34-,35-,36-,37-,38-,41-,42-/m0/s1. The summed E-state index contributed by atoms with van der Waals surface area (Å²) in [6.45, 7) is 8.98. The quantitative estimate of drug-likeness (QED) is 0.0346. The number of carbonyl (C=O) groups is 10. The highest BCUT2D eigenvalue weighted by atomic mass is 32.2. The Morgan fingerprint density at radius 2 is 1.19 bits per heavy atom. The van der Waals surface area contributed by atoms with Gasteiger partial charge in [-0.3, -0.25) is 47.9 Å². The number of aliphatic hydroxyl groups is 1. The minimum atomic E-state index is -1.43. The van der Waals surface area contributed by atoms with Gasteiger partial charge in [0, 0.05) is 36.4 Å². The van der Waals surface area contributed by atoms with Crippen molar-refractivity contribution in [2.45, 2.75) is 135 Å². The van der Waals surface area contributed by atoms with Gasteiger partial charge in [-0.1, -0.05) is 76.2 Å². The number of nitrogens with one attached hydrogen (secondary N) is 9. The molecule has 0 unspecified atom stereocenters. The lowest BCUT2D eigenvalue weighted by molar-refractivity contribution is -0.135. The molecule has 0 saturated carbocycles. The first-order valence-corrected chi connectivity index (χ1v) is 25.8. The van der Waals surface area contributed by atoms with Crippen LogP contribution in [-0.2, 0) is 60.8 Å². The van der Waals surface area contributed by atoms with Crippen LogP contribution in [0.2, 0.25) is 0 Å². The van der Waals surface area contributed by atoms with Gasteiger partial charge in [0.25, 0.3) is 0 Å². The van der Waals surface area contributed by atoms with Crippen LogP contribution in [0.5, 0.6) is 0 Å². The summed E-state index contributed by atoms with van der Waals surface area (Å²) >= 11 is 1.47.